The molecule has 6 heteroatoms. The van der Waals surface area contributed by atoms with Crippen molar-refractivity contribution in [3.05, 3.63) is 47.2 Å². The summed E-state index contributed by atoms with van der Waals surface area (Å²) in [5.41, 5.74) is 0.837. The molecule has 0 unspecified atom stereocenters. The van der Waals surface area contributed by atoms with Crippen LogP contribution in [0.15, 0.2) is 40.8 Å². The Morgan fingerprint density at radius 3 is 2.42 bits per heavy atom. The molecule has 2 aromatic rings. The molecule has 0 radical (unpaired) electrons. The lowest BCUT2D eigenvalue weighted by Gasteiger charge is -2.29. The van der Waals surface area contributed by atoms with E-state index in [2.05, 4.69) is 10.6 Å². The second-order valence-electron chi connectivity index (χ2n) is 6.63. The van der Waals surface area contributed by atoms with E-state index in [0.29, 0.717) is 10.8 Å². The van der Waals surface area contributed by atoms with Crippen molar-refractivity contribution in [3.8, 4) is 11.3 Å². The zero-order chi connectivity index (χ0) is 18.5. The maximum absolute atomic E-state index is 12.6. The van der Waals surface area contributed by atoms with Crippen LogP contribution >= 0.6 is 11.6 Å². The van der Waals surface area contributed by atoms with E-state index < -0.39 is 6.04 Å². The van der Waals surface area contributed by atoms with Crippen molar-refractivity contribution in [2.24, 2.45) is 5.92 Å². The molecule has 2 N–H and O–H groups in total. The van der Waals surface area contributed by atoms with Crippen molar-refractivity contribution >= 4 is 23.4 Å². The lowest BCUT2D eigenvalue weighted by Crippen LogP contribution is -2.50. The van der Waals surface area contributed by atoms with Crippen LogP contribution in [0.3, 0.4) is 0 Å². The van der Waals surface area contributed by atoms with Gasteiger partial charge in [0.1, 0.15) is 11.8 Å². The van der Waals surface area contributed by atoms with Gasteiger partial charge in [-0.15, -0.1) is 0 Å². The summed E-state index contributed by atoms with van der Waals surface area (Å²) < 4.78 is 5.69. The molecule has 5 nitrogen and oxygen atoms in total. The quantitative estimate of drug-likeness (QED) is 0.830. The highest BCUT2D eigenvalue weighted by Gasteiger charge is 2.31. The molecular formula is C20H23ClN2O3. The predicted octanol–water partition coefficient (Wildman–Crippen LogP) is 4.02. The fraction of sp³-hybridized carbons (Fsp3) is 0.400. The smallest absolute Gasteiger partial charge is 0.287 e. The first-order valence-corrected chi connectivity index (χ1v) is 9.34. The minimum absolute atomic E-state index is 0.158. The number of likely N-dealkylation sites (N-methyl/N-ethyl adjacent to an activating group) is 1. The average molecular weight is 375 g/mol. The van der Waals surface area contributed by atoms with E-state index in [9.17, 15) is 9.59 Å². The molecule has 1 aliphatic rings. The molecule has 0 bridgehead atoms. The van der Waals surface area contributed by atoms with Gasteiger partial charge in [0, 0.05) is 17.6 Å². The first-order chi connectivity index (χ1) is 12.6. The molecule has 1 saturated carbocycles. The molecule has 0 spiro atoms. The van der Waals surface area contributed by atoms with Gasteiger partial charge in [0.05, 0.1) is 0 Å². The minimum Gasteiger partial charge on any atom is -0.451 e. The van der Waals surface area contributed by atoms with Crippen molar-refractivity contribution in [1.29, 1.82) is 0 Å². The van der Waals surface area contributed by atoms with E-state index in [0.717, 1.165) is 31.2 Å². The molecule has 0 saturated heterocycles. The number of furan rings is 1. The van der Waals surface area contributed by atoms with Crippen LogP contribution in [0, 0.1) is 5.92 Å². The number of rotatable bonds is 5. The number of nitrogens with one attached hydrogen (secondary N) is 2. The molecule has 26 heavy (non-hydrogen) atoms. The molecule has 1 atom stereocenters. The van der Waals surface area contributed by atoms with Gasteiger partial charge < -0.3 is 15.1 Å². The van der Waals surface area contributed by atoms with Gasteiger partial charge in [0.25, 0.3) is 5.91 Å². The van der Waals surface area contributed by atoms with Gasteiger partial charge >= 0.3 is 0 Å². The molecular weight excluding hydrogens is 352 g/mol. The Balaban J connectivity index is 1.73. The van der Waals surface area contributed by atoms with Crippen LogP contribution in [0.5, 0.6) is 0 Å². The lowest BCUT2D eigenvalue weighted by molar-refractivity contribution is -0.124. The van der Waals surface area contributed by atoms with Crippen LogP contribution in [-0.2, 0) is 4.79 Å². The monoisotopic (exact) mass is 374 g/mol. The second kappa shape index (κ2) is 8.41. The summed E-state index contributed by atoms with van der Waals surface area (Å²) in [5.74, 6) is 0.415. The van der Waals surface area contributed by atoms with Crippen LogP contribution in [0.2, 0.25) is 5.02 Å². The number of halogens is 1. The maximum atomic E-state index is 12.6. The molecule has 0 aliphatic heterocycles. The predicted molar refractivity (Wildman–Crippen MR) is 101 cm³/mol. The summed E-state index contributed by atoms with van der Waals surface area (Å²) in [4.78, 5) is 24.9. The van der Waals surface area contributed by atoms with E-state index in [-0.39, 0.29) is 23.5 Å². The van der Waals surface area contributed by atoms with Gasteiger partial charge in [-0.2, -0.15) is 0 Å². The van der Waals surface area contributed by atoms with E-state index in [1.165, 1.54) is 6.42 Å². The summed E-state index contributed by atoms with van der Waals surface area (Å²) >= 11 is 5.90. The third-order valence-electron chi connectivity index (χ3n) is 4.90. The Morgan fingerprint density at radius 2 is 1.77 bits per heavy atom. The fourth-order valence-corrected chi connectivity index (χ4v) is 3.59. The van der Waals surface area contributed by atoms with Gasteiger partial charge in [0.2, 0.25) is 5.91 Å². The van der Waals surface area contributed by atoms with Crippen LogP contribution in [0.25, 0.3) is 11.3 Å². The number of hydrogen-bond donors (Lipinski definition) is 2. The van der Waals surface area contributed by atoms with E-state index in [1.807, 2.05) is 12.1 Å². The fourth-order valence-electron chi connectivity index (χ4n) is 3.46. The number of hydrogen-bond acceptors (Lipinski definition) is 3. The van der Waals surface area contributed by atoms with Crippen molar-refractivity contribution in [3.63, 3.8) is 0 Å². The lowest BCUT2D eigenvalue weighted by atomic mass is 9.83. The summed E-state index contributed by atoms with van der Waals surface area (Å²) in [7, 11) is 1.59. The van der Waals surface area contributed by atoms with Crippen molar-refractivity contribution < 1.29 is 14.0 Å². The highest BCUT2D eigenvalue weighted by atomic mass is 35.5. The first-order valence-electron chi connectivity index (χ1n) is 8.96. The number of amides is 2. The van der Waals surface area contributed by atoms with Gasteiger partial charge in [-0.1, -0.05) is 30.9 Å². The standard InChI is InChI=1S/C20H23ClN2O3/c1-22-20(25)18(14-5-3-2-4-6-14)23-19(24)17-12-11-16(26-17)13-7-9-15(21)10-8-13/h7-12,14,18H,2-6H2,1H3,(H,22,25)(H,23,24)/t18-/m0/s1. The molecule has 2 amide bonds. The second-order valence-corrected chi connectivity index (χ2v) is 7.07. The Bertz CT molecular complexity index is 764. The van der Waals surface area contributed by atoms with Gasteiger partial charge in [0.15, 0.2) is 5.76 Å². The number of carbonyl (C=O) groups excluding carboxylic acids is 2. The van der Waals surface area contributed by atoms with Crippen molar-refractivity contribution in [1.82, 2.24) is 10.6 Å². The van der Waals surface area contributed by atoms with Gasteiger partial charge in [-0.25, -0.2) is 0 Å². The summed E-state index contributed by atoms with van der Waals surface area (Å²) in [5, 5.41) is 6.16. The van der Waals surface area contributed by atoms with E-state index >= 15 is 0 Å². The van der Waals surface area contributed by atoms with Crippen molar-refractivity contribution in [2.45, 2.75) is 38.1 Å². The molecule has 1 aliphatic carbocycles. The Labute approximate surface area is 158 Å². The molecule has 1 fully saturated rings. The summed E-state index contributed by atoms with van der Waals surface area (Å²) in [6.07, 6.45) is 5.28. The Morgan fingerprint density at radius 1 is 1.08 bits per heavy atom. The summed E-state index contributed by atoms with van der Waals surface area (Å²) in [6, 6.07) is 10.0. The van der Waals surface area contributed by atoms with Crippen LogP contribution in [0.1, 0.15) is 42.7 Å². The first kappa shape index (κ1) is 18.5. The van der Waals surface area contributed by atoms with Gasteiger partial charge in [-0.05, 0) is 55.2 Å². The largest absolute Gasteiger partial charge is 0.451 e. The van der Waals surface area contributed by atoms with Crippen LogP contribution in [0.4, 0.5) is 0 Å². The molecule has 3 rings (SSSR count). The summed E-state index contributed by atoms with van der Waals surface area (Å²) in [6.45, 7) is 0. The zero-order valence-corrected chi connectivity index (χ0v) is 15.5. The third-order valence-corrected chi connectivity index (χ3v) is 5.15. The zero-order valence-electron chi connectivity index (χ0n) is 14.8. The number of carbonyl (C=O) groups is 2. The number of benzene rings is 1. The molecule has 1 aromatic carbocycles. The Kier molecular flexibility index (Phi) is 5.99. The highest BCUT2D eigenvalue weighted by Crippen LogP contribution is 2.27. The third kappa shape index (κ3) is 4.28. The van der Waals surface area contributed by atoms with Crippen LogP contribution < -0.4 is 10.6 Å². The van der Waals surface area contributed by atoms with E-state index in [4.69, 9.17) is 16.0 Å². The Hall–Kier alpha value is -2.27. The normalized spacial score (nSPS) is 16.1. The molecule has 138 valence electrons. The maximum Gasteiger partial charge on any atom is 0.287 e. The minimum atomic E-state index is -0.531. The van der Waals surface area contributed by atoms with Gasteiger partial charge in [-0.3, -0.25) is 9.59 Å². The van der Waals surface area contributed by atoms with E-state index in [1.54, 1.807) is 31.3 Å². The van der Waals surface area contributed by atoms with Crippen LogP contribution in [-0.4, -0.2) is 24.9 Å². The molecule has 1 aromatic heterocycles. The average Bonchev–Trinajstić information content (AvgIpc) is 3.17. The molecule has 1 heterocycles. The van der Waals surface area contributed by atoms with Crippen molar-refractivity contribution in [2.75, 3.05) is 7.05 Å². The topological polar surface area (TPSA) is 71.3 Å². The SMILES string of the molecule is CNC(=O)[C@@H](NC(=O)c1ccc(-c2ccc(Cl)cc2)o1)C1CCCCC1. The highest BCUT2D eigenvalue weighted by molar-refractivity contribution is 6.30.